The van der Waals surface area contributed by atoms with E-state index in [0.717, 1.165) is 56.1 Å². The molecular formula is C20H26N6O2. The number of rotatable bonds is 4. The summed E-state index contributed by atoms with van der Waals surface area (Å²) in [6.45, 7) is 5.03. The first-order chi connectivity index (χ1) is 13.6. The molecule has 2 fully saturated rings. The van der Waals surface area contributed by atoms with Crippen molar-refractivity contribution in [3.8, 4) is 5.88 Å². The quantitative estimate of drug-likeness (QED) is 0.799. The predicted molar refractivity (Wildman–Crippen MR) is 104 cm³/mol. The van der Waals surface area contributed by atoms with Gasteiger partial charge in [0, 0.05) is 43.7 Å². The monoisotopic (exact) mass is 382 g/mol. The fraction of sp³-hybridized carbons (Fsp3) is 0.550. The molecule has 1 unspecified atom stereocenters. The van der Waals surface area contributed by atoms with E-state index < -0.39 is 0 Å². The van der Waals surface area contributed by atoms with Gasteiger partial charge in [0.2, 0.25) is 11.8 Å². The first-order valence-electron chi connectivity index (χ1n) is 9.73. The van der Waals surface area contributed by atoms with Crippen molar-refractivity contribution in [3.63, 3.8) is 0 Å². The highest BCUT2D eigenvalue weighted by atomic mass is 16.5. The Morgan fingerprint density at radius 1 is 1.14 bits per heavy atom. The first kappa shape index (κ1) is 18.6. The van der Waals surface area contributed by atoms with Crippen molar-refractivity contribution in [2.75, 3.05) is 31.6 Å². The van der Waals surface area contributed by atoms with Gasteiger partial charge in [-0.25, -0.2) is 9.97 Å². The number of methoxy groups -OCH3 is 1. The van der Waals surface area contributed by atoms with Crippen molar-refractivity contribution in [1.82, 2.24) is 24.8 Å². The van der Waals surface area contributed by atoms with Crippen LogP contribution in [0.5, 0.6) is 5.88 Å². The molecule has 148 valence electrons. The Morgan fingerprint density at radius 2 is 2.04 bits per heavy atom. The Kier molecular flexibility index (Phi) is 5.11. The second-order valence-corrected chi connectivity index (χ2v) is 7.84. The summed E-state index contributed by atoms with van der Waals surface area (Å²) in [7, 11) is 1.61. The van der Waals surface area contributed by atoms with Gasteiger partial charge in [0.25, 0.3) is 0 Å². The van der Waals surface area contributed by atoms with Gasteiger partial charge in [0.05, 0.1) is 31.2 Å². The van der Waals surface area contributed by atoms with Gasteiger partial charge < -0.3 is 14.5 Å². The van der Waals surface area contributed by atoms with Crippen LogP contribution in [0.15, 0.2) is 24.8 Å². The molecule has 0 N–H and O–H groups in total. The highest BCUT2D eigenvalue weighted by molar-refractivity contribution is 5.77. The molecule has 1 spiro atoms. The lowest BCUT2D eigenvalue weighted by Gasteiger charge is -2.48. The van der Waals surface area contributed by atoms with Gasteiger partial charge in [-0.15, -0.1) is 0 Å². The fourth-order valence-corrected chi connectivity index (χ4v) is 4.29. The summed E-state index contributed by atoms with van der Waals surface area (Å²) in [6, 6.07) is 1.88. The number of piperidine rings is 2. The number of carbonyl (C=O) groups is 1. The Hall–Kier alpha value is -2.77. The van der Waals surface area contributed by atoms with Crippen LogP contribution in [0.4, 0.5) is 5.82 Å². The molecule has 0 bridgehead atoms. The Morgan fingerprint density at radius 3 is 2.82 bits per heavy atom. The highest BCUT2D eigenvalue weighted by Gasteiger charge is 2.42. The summed E-state index contributed by atoms with van der Waals surface area (Å²) in [4.78, 5) is 34.1. The lowest BCUT2D eigenvalue weighted by atomic mass is 9.73. The lowest BCUT2D eigenvalue weighted by Crippen LogP contribution is -2.54. The van der Waals surface area contributed by atoms with E-state index >= 15 is 0 Å². The molecule has 2 aliphatic rings. The van der Waals surface area contributed by atoms with Crippen molar-refractivity contribution in [2.24, 2.45) is 5.41 Å². The van der Waals surface area contributed by atoms with E-state index in [0.29, 0.717) is 18.8 Å². The van der Waals surface area contributed by atoms with Crippen LogP contribution in [0.25, 0.3) is 0 Å². The van der Waals surface area contributed by atoms with Gasteiger partial charge in [0.15, 0.2) is 0 Å². The van der Waals surface area contributed by atoms with Crippen molar-refractivity contribution >= 4 is 11.7 Å². The second kappa shape index (κ2) is 7.69. The molecule has 8 heteroatoms. The van der Waals surface area contributed by atoms with Crippen molar-refractivity contribution in [2.45, 2.75) is 39.2 Å². The summed E-state index contributed by atoms with van der Waals surface area (Å²) in [5, 5.41) is 0. The average Bonchev–Trinajstić information content (AvgIpc) is 2.73. The Balaban J connectivity index is 1.49. The third-order valence-electron chi connectivity index (χ3n) is 5.76. The molecule has 1 amide bonds. The van der Waals surface area contributed by atoms with E-state index in [1.165, 1.54) is 0 Å². The van der Waals surface area contributed by atoms with Crippen LogP contribution in [0.1, 0.15) is 37.1 Å². The molecule has 2 aliphatic heterocycles. The molecule has 8 nitrogen and oxygen atoms in total. The summed E-state index contributed by atoms with van der Waals surface area (Å²) in [6.07, 6.45) is 8.77. The molecule has 2 aromatic rings. The number of amides is 1. The van der Waals surface area contributed by atoms with Gasteiger partial charge in [-0.3, -0.25) is 14.8 Å². The fourth-order valence-electron chi connectivity index (χ4n) is 4.29. The summed E-state index contributed by atoms with van der Waals surface area (Å²) >= 11 is 0. The molecule has 0 radical (unpaired) electrons. The van der Waals surface area contributed by atoms with E-state index in [9.17, 15) is 4.79 Å². The number of aromatic nitrogens is 4. The molecule has 2 saturated heterocycles. The predicted octanol–water partition coefficient (Wildman–Crippen LogP) is 1.99. The molecule has 28 heavy (non-hydrogen) atoms. The number of ether oxygens (including phenoxy) is 1. The SMILES string of the molecule is COc1cc(N2CCCC3(CCC(=O)N(Cc4cnc(C)cn4)C3)C2)ncn1. The maximum absolute atomic E-state index is 12.6. The zero-order valence-corrected chi connectivity index (χ0v) is 16.5. The number of nitrogens with zero attached hydrogens (tertiary/aromatic N) is 6. The van der Waals surface area contributed by atoms with Gasteiger partial charge >= 0.3 is 0 Å². The molecular weight excluding hydrogens is 356 g/mol. The third-order valence-corrected chi connectivity index (χ3v) is 5.76. The number of aryl methyl sites for hydroxylation is 1. The molecule has 4 rings (SSSR count). The van der Waals surface area contributed by atoms with Crippen molar-refractivity contribution < 1.29 is 9.53 Å². The Bertz CT molecular complexity index is 843. The van der Waals surface area contributed by atoms with E-state index in [1.807, 2.05) is 17.9 Å². The Labute approximate surface area is 165 Å². The number of hydrogen-bond acceptors (Lipinski definition) is 7. The summed E-state index contributed by atoms with van der Waals surface area (Å²) in [5.74, 6) is 1.66. The summed E-state index contributed by atoms with van der Waals surface area (Å²) < 4.78 is 5.24. The minimum Gasteiger partial charge on any atom is -0.481 e. The van der Waals surface area contributed by atoms with E-state index in [-0.39, 0.29) is 11.3 Å². The number of anilines is 1. The second-order valence-electron chi connectivity index (χ2n) is 7.84. The number of hydrogen-bond donors (Lipinski definition) is 0. The average molecular weight is 382 g/mol. The zero-order chi connectivity index (χ0) is 19.6. The zero-order valence-electron chi connectivity index (χ0n) is 16.5. The topological polar surface area (TPSA) is 84.3 Å². The number of likely N-dealkylation sites (tertiary alicyclic amines) is 1. The molecule has 4 heterocycles. The maximum atomic E-state index is 12.6. The van der Waals surface area contributed by atoms with Crippen LogP contribution in [0.2, 0.25) is 0 Å². The van der Waals surface area contributed by atoms with Crippen molar-refractivity contribution in [1.29, 1.82) is 0 Å². The molecule has 2 aromatic heterocycles. The van der Waals surface area contributed by atoms with Crippen LogP contribution >= 0.6 is 0 Å². The van der Waals surface area contributed by atoms with Gasteiger partial charge in [-0.2, -0.15) is 0 Å². The molecule has 1 atom stereocenters. The standard InChI is InChI=1S/C20H26N6O2/c1-15-9-22-16(10-21-15)11-26-13-20(6-4-19(26)27)5-3-7-25(12-20)17-8-18(28-2)24-14-23-17/h8-10,14H,3-7,11-13H2,1-2H3. The molecule has 0 aliphatic carbocycles. The molecule has 0 aromatic carbocycles. The largest absolute Gasteiger partial charge is 0.481 e. The minimum absolute atomic E-state index is 0.0858. The molecule has 0 saturated carbocycles. The van der Waals surface area contributed by atoms with E-state index in [2.05, 4.69) is 24.8 Å². The summed E-state index contributed by atoms with van der Waals surface area (Å²) in [5.41, 5.74) is 1.81. The smallest absolute Gasteiger partial charge is 0.222 e. The van der Waals surface area contributed by atoms with Crippen LogP contribution in [-0.2, 0) is 11.3 Å². The van der Waals surface area contributed by atoms with E-state index in [4.69, 9.17) is 4.74 Å². The van der Waals surface area contributed by atoms with Gasteiger partial charge in [-0.1, -0.05) is 0 Å². The van der Waals surface area contributed by atoms with Crippen LogP contribution in [0, 0.1) is 12.3 Å². The number of carbonyl (C=O) groups excluding carboxylic acids is 1. The van der Waals surface area contributed by atoms with E-state index in [1.54, 1.807) is 25.8 Å². The van der Waals surface area contributed by atoms with Crippen molar-refractivity contribution in [3.05, 3.63) is 36.2 Å². The minimum atomic E-state index is 0.0858. The highest BCUT2D eigenvalue weighted by Crippen LogP contribution is 2.40. The van der Waals surface area contributed by atoms with Gasteiger partial charge in [-0.05, 0) is 26.2 Å². The van der Waals surface area contributed by atoms with Gasteiger partial charge in [0.1, 0.15) is 12.1 Å². The third kappa shape index (κ3) is 3.90. The van der Waals surface area contributed by atoms with Crippen LogP contribution in [-0.4, -0.2) is 57.5 Å². The normalized spacial score (nSPS) is 22.6. The maximum Gasteiger partial charge on any atom is 0.222 e. The van der Waals surface area contributed by atoms with Crippen LogP contribution < -0.4 is 9.64 Å². The first-order valence-corrected chi connectivity index (χ1v) is 9.73. The van der Waals surface area contributed by atoms with Crippen LogP contribution in [0.3, 0.4) is 0 Å². The lowest BCUT2D eigenvalue weighted by molar-refractivity contribution is -0.138.